The summed E-state index contributed by atoms with van der Waals surface area (Å²) < 4.78 is 0. The van der Waals surface area contributed by atoms with E-state index in [-0.39, 0.29) is 0 Å². The van der Waals surface area contributed by atoms with Gasteiger partial charge < -0.3 is 5.32 Å². The van der Waals surface area contributed by atoms with Crippen LogP contribution in [0.2, 0.25) is 0 Å². The highest BCUT2D eigenvalue weighted by molar-refractivity contribution is 4.81. The van der Waals surface area contributed by atoms with Crippen molar-refractivity contribution in [2.24, 2.45) is 11.8 Å². The molecule has 1 fully saturated rings. The van der Waals surface area contributed by atoms with Gasteiger partial charge in [0.15, 0.2) is 0 Å². The summed E-state index contributed by atoms with van der Waals surface area (Å²) in [6.45, 7) is 8.04. The summed E-state index contributed by atoms with van der Waals surface area (Å²) in [5.74, 6) is 2.02. The molecule has 0 spiro atoms. The minimum atomic E-state index is 0.809. The molecule has 0 aromatic rings. The van der Waals surface area contributed by atoms with Crippen LogP contribution < -0.4 is 5.32 Å². The highest BCUT2D eigenvalue weighted by atomic mass is 14.9. The highest BCUT2D eigenvalue weighted by Crippen LogP contribution is 2.34. The lowest BCUT2D eigenvalue weighted by molar-refractivity contribution is 0.205. The first-order valence-corrected chi connectivity index (χ1v) is 9.05. The van der Waals surface area contributed by atoms with Crippen molar-refractivity contribution in [3.8, 4) is 0 Å². The van der Waals surface area contributed by atoms with Crippen molar-refractivity contribution in [3.05, 3.63) is 0 Å². The number of nitrogens with one attached hydrogen (secondary N) is 1. The maximum absolute atomic E-state index is 3.77. The van der Waals surface area contributed by atoms with Crippen molar-refractivity contribution in [3.63, 3.8) is 0 Å². The summed E-state index contributed by atoms with van der Waals surface area (Å²) in [6.07, 6.45) is 15.9. The molecule has 19 heavy (non-hydrogen) atoms. The summed E-state index contributed by atoms with van der Waals surface area (Å²) in [5, 5.41) is 3.77. The molecule has 1 atom stereocenters. The van der Waals surface area contributed by atoms with Gasteiger partial charge in [0.05, 0.1) is 0 Å². The van der Waals surface area contributed by atoms with E-state index in [2.05, 4.69) is 26.1 Å². The molecule has 1 heteroatoms. The summed E-state index contributed by atoms with van der Waals surface area (Å²) >= 11 is 0. The Morgan fingerprint density at radius 3 is 2.16 bits per heavy atom. The zero-order valence-electron chi connectivity index (χ0n) is 13.7. The van der Waals surface area contributed by atoms with Gasteiger partial charge in [-0.05, 0) is 37.6 Å². The van der Waals surface area contributed by atoms with Crippen LogP contribution in [0.15, 0.2) is 0 Å². The summed E-state index contributed by atoms with van der Waals surface area (Å²) in [5.41, 5.74) is 0. The van der Waals surface area contributed by atoms with Crippen LogP contribution in [0.1, 0.15) is 91.4 Å². The minimum absolute atomic E-state index is 0.809. The number of rotatable bonds is 10. The van der Waals surface area contributed by atoms with Crippen LogP contribution in [0, 0.1) is 11.8 Å². The second-order valence-corrected chi connectivity index (χ2v) is 6.58. The summed E-state index contributed by atoms with van der Waals surface area (Å²) in [6, 6.07) is 0.809. The van der Waals surface area contributed by atoms with E-state index >= 15 is 0 Å². The average Bonchev–Trinajstić information content (AvgIpc) is 2.45. The molecule has 1 aliphatic carbocycles. The first-order chi connectivity index (χ1) is 9.31. The Morgan fingerprint density at radius 2 is 1.58 bits per heavy atom. The topological polar surface area (TPSA) is 12.0 Å². The van der Waals surface area contributed by atoms with Gasteiger partial charge in [-0.2, -0.15) is 0 Å². The summed E-state index contributed by atoms with van der Waals surface area (Å²) in [4.78, 5) is 0. The highest BCUT2D eigenvalue weighted by Gasteiger charge is 2.26. The van der Waals surface area contributed by atoms with Crippen LogP contribution >= 0.6 is 0 Å². The molecule has 1 unspecified atom stereocenters. The lowest BCUT2D eigenvalue weighted by atomic mass is 9.76. The van der Waals surface area contributed by atoms with Crippen molar-refractivity contribution in [1.82, 2.24) is 5.32 Å². The first-order valence-electron chi connectivity index (χ1n) is 9.05. The molecule has 1 aliphatic rings. The van der Waals surface area contributed by atoms with E-state index < -0.39 is 0 Å². The van der Waals surface area contributed by atoms with Gasteiger partial charge in [-0.25, -0.2) is 0 Å². The van der Waals surface area contributed by atoms with E-state index in [9.17, 15) is 0 Å². The van der Waals surface area contributed by atoms with E-state index in [0.717, 1.165) is 24.4 Å². The molecule has 0 aromatic heterocycles. The van der Waals surface area contributed by atoms with Crippen LogP contribution in [-0.2, 0) is 0 Å². The Bertz CT molecular complexity index is 194. The van der Waals surface area contributed by atoms with Gasteiger partial charge in [-0.1, -0.05) is 72.1 Å². The fourth-order valence-corrected chi connectivity index (χ4v) is 3.75. The van der Waals surface area contributed by atoms with E-state index in [1.54, 1.807) is 0 Å². The van der Waals surface area contributed by atoms with Crippen LogP contribution in [-0.4, -0.2) is 12.6 Å². The Hall–Kier alpha value is -0.0400. The normalized spacial score (nSPS) is 25.4. The number of hydrogen-bond acceptors (Lipinski definition) is 1. The van der Waals surface area contributed by atoms with Crippen LogP contribution in [0.3, 0.4) is 0 Å². The molecule has 1 nitrogen and oxygen atoms in total. The Kier molecular flexibility index (Phi) is 9.59. The smallest absolute Gasteiger partial charge is 0.00952 e. The Balaban J connectivity index is 2.27. The maximum Gasteiger partial charge on any atom is 0.00952 e. The summed E-state index contributed by atoms with van der Waals surface area (Å²) in [7, 11) is 0. The van der Waals surface area contributed by atoms with Crippen molar-refractivity contribution in [1.29, 1.82) is 0 Å². The molecule has 0 aromatic carbocycles. The van der Waals surface area contributed by atoms with Gasteiger partial charge >= 0.3 is 0 Å². The molecular weight excluding hydrogens is 230 g/mol. The molecule has 0 saturated heterocycles. The molecule has 0 radical (unpaired) electrons. The van der Waals surface area contributed by atoms with E-state index in [1.807, 2.05) is 0 Å². The number of unbranched alkanes of at least 4 members (excludes halogenated alkanes) is 3. The lowest BCUT2D eigenvalue weighted by Gasteiger charge is -2.34. The quantitative estimate of drug-likeness (QED) is 0.512. The van der Waals surface area contributed by atoms with Crippen molar-refractivity contribution in [2.75, 3.05) is 6.54 Å². The van der Waals surface area contributed by atoms with Gasteiger partial charge in [-0.3, -0.25) is 0 Å². The van der Waals surface area contributed by atoms with Crippen LogP contribution in [0.5, 0.6) is 0 Å². The Morgan fingerprint density at radius 1 is 0.895 bits per heavy atom. The van der Waals surface area contributed by atoms with E-state index in [1.165, 1.54) is 70.6 Å². The van der Waals surface area contributed by atoms with Gasteiger partial charge in [-0.15, -0.1) is 0 Å². The van der Waals surface area contributed by atoms with Gasteiger partial charge in [0, 0.05) is 6.04 Å². The predicted molar refractivity (Wildman–Crippen MR) is 86.6 cm³/mol. The van der Waals surface area contributed by atoms with Crippen molar-refractivity contribution < 1.29 is 0 Å². The second kappa shape index (κ2) is 10.7. The molecule has 1 rings (SSSR count). The molecule has 0 heterocycles. The lowest BCUT2D eigenvalue weighted by Crippen LogP contribution is -2.38. The minimum Gasteiger partial charge on any atom is -0.314 e. The molecule has 0 bridgehead atoms. The van der Waals surface area contributed by atoms with Crippen molar-refractivity contribution >= 4 is 0 Å². The van der Waals surface area contributed by atoms with Gasteiger partial charge in [0.2, 0.25) is 0 Å². The average molecular weight is 268 g/mol. The third kappa shape index (κ3) is 6.79. The maximum atomic E-state index is 3.77. The van der Waals surface area contributed by atoms with Crippen LogP contribution in [0.4, 0.5) is 0 Å². The van der Waals surface area contributed by atoms with Crippen LogP contribution in [0.25, 0.3) is 0 Å². The third-order valence-electron chi connectivity index (χ3n) is 5.01. The Labute approximate surface area is 121 Å². The standard InChI is InChI=1S/C18H37N/c1-4-7-9-11-18(19-6-3)17-14-12-16(13-15-17)10-8-5-2/h16-19H,4-15H2,1-3H3. The largest absolute Gasteiger partial charge is 0.314 e. The predicted octanol–water partition coefficient (Wildman–Crippen LogP) is 5.54. The molecule has 1 N–H and O–H groups in total. The zero-order chi connectivity index (χ0) is 13.9. The first kappa shape index (κ1) is 17.0. The van der Waals surface area contributed by atoms with E-state index in [0.29, 0.717) is 0 Å². The van der Waals surface area contributed by atoms with Gasteiger partial charge in [0.25, 0.3) is 0 Å². The fraction of sp³-hybridized carbons (Fsp3) is 1.00. The number of hydrogen-bond donors (Lipinski definition) is 1. The SMILES string of the molecule is CCCCCC(NCC)C1CCC(CCCC)CC1. The third-order valence-corrected chi connectivity index (χ3v) is 5.01. The van der Waals surface area contributed by atoms with E-state index in [4.69, 9.17) is 0 Å². The molecule has 1 saturated carbocycles. The molecular formula is C18H37N. The monoisotopic (exact) mass is 267 g/mol. The fourth-order valence-electron chi connectivity index (χ4n) is 3.75. The molecule has 0 aliphatic heterocycles. The van der Waals surface area contributed by atoms with Gasteiger partial charge in [0.1, 0.15) is 0 Å². The van der Waals surface area contributed by atoms with Crippen molar-refractivity contribution in [2.45, 2.75) is 97.4 Å². The molecule has 114 valence electrons. The second-order valence-electron chi connectivity index (χ2n) is 6.58. The molecule has 0 amide bonds. The zero-order valence-corrected chi connectivity index (χ0v) is 13.7.